The summed E-state index contributed by atoms with van der Waals surface area (Å²) < 4.78 is 30.7. The van der Waals surface area contributed by atoms with E-state index in [1.165, 1.54) is 16.8 Å². The van der Waals surface area contributed by atoms with Crippen molar-refractivity contribution in [2.75, 3.05) is 18.4 Å². The maximum Gasteiger partial charge on any atom is 0.262 e. The van der Waals surface area contributed by atoms with E-state index in [9.17, 15) is 8.42 Å². The number of nitrogens with zero attached hydrogens (tertiary/aromatic N) is 8. The van der Waals surface area contributed by atoms with Crippen LogP contribution in [0, 0.1) is 13.8 Å². The van der Waals surface area contributed by atoms with Crippen LogP contribution in [-0.4, -0.2) is 72.2 Å². The summed E-state index contributed by atoms with van der Waals surface area (Å²) in [4.78, 5) is 18.0. The summed E-state index contributed by atoms with van der Waals surface area (Å²) in [7, 11) is -1.84. The normalized spacial score (nSPS) is 15.2. The Balaban J connectivity index is 1.26. The third-order valence-electron chi connectivity index (χ3n) is 6.95. The fourth-order valence-corrected chi connectivity index (χ4v) is 6.15. The van der Waals surface area contributed by atoms with Gasteiger partial charge in [0, 0.05) is 62.9 Å². The van der Waals surface area contributed by atoms with Crippen LogP contribution < -0.4 is 10.6 Å². The summed E-state index contributed by atoms with van der Waals surface area (Å²) in [6.07, 6.45) is 9.87. The monoisotopic (exact) mass is 564 g/mol. The Morgan fingerprint density at radius 1 is 1.05 bits per heavy atom. The molecule has 0 bridgehead atoms. The van der Waals surface area contributed by atoms with Crippen molar-refractivity contribution in [1.29, 1.82) is 0 Å². The van der Waals surface area contributed by atoms with Crippen molar-refractivity contribution in [2.24, 2.45) is 7.05 Å². The van der Waals surface area contributed by atoms with Crippen LogP contribution in [0.25, 0.3) is 16.9 Å². The zero-order valence-corrected chi connectivity index (χ0v) is 24.4. The minimum Gasteiger partial charge on any atom is -0.351 e. The van der Waals surface area contributed by atoms with E-state index >= 15 is 0 Å². The highest BCUT2D eigenvalue weighted by molar-refractivity contribution is 7.89. The highest BCUT2D eigenvalue weighted by Gasteiger charge is 2.31. The number of pyridine rings is 1. The fraction of sp³-hybridized carbons (Fsp3) is 0.444. The Morgan fingerprint density at radius 2 is 1.82 bits per heavy atom. The van der Waals surface area contributed by atoms with E-state index in [0.717, 1.165) is 40.4 Å². The van der Waals surface area contributed by atoms with Crippen molar-refractivity contribution in [3.05, 3.63) is 60.2 Å². The number of hydrogen-bond donors (Lipinski definition) is 2. The second-order valence-electron chi connectivity index (χ2n) is 10.5. The molecule has 40 heavy (non-hydrogen) atoms. The summed E-state index contributed by atoms with van der Waals surface area (Å²) in [5.41, 5.74) is 5.41. The van der Waals surface area contributed by atoms with Gasteiger partial charge in [-0.1, -0.05) is 13.8 Å². The minimum absolute atomic E-state index is 0.0610. The molecule has 0 amide bonds. The van der Waals surface area contributed by atoms with E-state index in [2.05, 4.69) is 39.5 Å². The van der Waals surface area contributed by atoms with Gasteiger partial charge in [-0.2, -0.15) is 9.40 Å². The molecule has 2 N–H and O–H groups in total. The van der Waals surface area contributed by atoms with Gasteiger partial charge in [-0.15, -0.1) is 0 Å². The van der Waals surface area contributed by atoms with E-state index in [1.54, 1.807) is 24.0 Å². The highest BCUT2D eigenvalue weighted by atomic mass is 32.2. The van der Waals surface area contributed by atoms with Gasteiger partial charge < -0.3 is 15.2 Å². The number of rotatable bonds is 9. The number of piperidine rings is 1. The average molecular weight is 565 g/mol. The van der Waals surface area contributed by atoms with Gasteiger partial charge in [0.05, 0.1) is 35.3 Å². The van der Waals surface area contributed by atoms with Gasteiger partial charge in [0.15, 0.2) is 5.03 Å². The molecule has 0 unspecified atom stereocenters. The van der Waals surface area contributed by atoms with E-state index in [1.807, 2.05) is 36.9 Å². The molecular weight excluding hydrogens is 528 g/mol. The van der Waals surface area contributed by atoms with Crippen molar-refractivity contribution >= 4 is 16.0 Å². The van der Waals surface area contributed by atoms with Crippen molar-refractivity contribution in [3.63, 3.8) is 0 Å². The smallest absolute Gasteiger partial charge is 0.262 e. The molecule has 1 aliphatic heterocycles. The predicted molar refractivity (Wildman–Crippen MR) is 152 cm³/mol. The van der Waals surface area contributed by atoms with Crippen LogP contribution in [0.2, 0.25) is 0 Å². The van der Waals surface area contributed by atoms with Crippen LogP contribution in [0.3, 0.4) is 0 Å². The van der Waals surface area contributed by atoms with Gasteiger partial charge in [-0.05, 0) is 44.4 Å². The Labute approximate surface area is 235 Å². The number of sulfonamides is 1. The molecule has 5 heterocycles. The van der Waals surface area contributed by atoms with E-state index < -0.39 is 10.0 Å². The van der Waals surface area contributed by atoms with Gasteiger partial charge in [-0.25, -0.2) is 28.1 Å². The van der Waals surface area contributed by atoms with Crippen LogP contribution in [0.1, 0.15) is 43.6 Å². The van der Waals surface area contributed by atoms with Gasteiger partial charge in [0.1, 0.15) is 0 Å². The zero-order valence-electron chi connectivity index (χ0n) is 23.5. The van der Waals surface area contributed by atoms with Crippen molar-refractivity contribution in [2.45, 2.75) is 64.2 Å². The summed E-state index contributed by atoms with van der Waals surface area (Å²) in [6, 6.07) is 4.51. The molecular formula is C27H36N10O2S. The first-order valence-corrected chi connectivity index (χ1v) is 14.9. The molecule has 0 aromatic carbocycles. The summed E-state index contributed by atoms with van der Waals surface area (Å²) in [6.45, 7) is 9.72. The molecule has 212 valence electrons. The van der Waals surface area contributed by atoms with Crippen molar-refractivity contribution in [1.82, 2.24) is 43.9 Å². The number of anilines is 1. The summed E-state index contributed by atoms with van der Waals surface area (Å²) >= 11 is 0. The van der Waals surface area contributed by atoms with Crippen LogP contribution in [0.5, 0.6) is 0 Å². The second-order valence-corrected chi connectivity index (χ2v) is 12.4. The maximum atomic E-state index is 12.9. The molecule has 0 atom stereocenters. The SMILES string of the molecule is Cc1cnc(NC2CCN(S(=O)(=O)c3cn(C)cn3)CC2)nc1-c1cnn(-c2ccc(CNC(C)C)nc2C)c1. The van der Waals surface area contributed by atoms with Gasteiger partial charge >= 0.3 is 0 Å². The second kappa shape index (κ2) is 11.4. The Bertz CT molecular complexity index is 1590. The largest absolute Gasteiger partial charge is 0.351 e. The minimum atomic E-state index is -3.59. The first-order valence-electron chi connectivity index (χ1n) is 13.4. The van der Waals surface area contributed by atoms with Crippen LogP contribution in [-0.2, 0) is 23.6 Å². The van der Waals surface area contributed by atoms with Gasteiger partial charge in [-0.3, -0.25) is 4.98 Å². The number of aryl methyl sites for hydroxylation is 3. The average Bonchev–Trinajstić information content (AvgIpc) is 3.59. The van der Waals surface area contributed by atoms with Gasteiger partial charge in [0.25, 0.3) is 10.0 Å². The molecule has 0 aliphatic carbocycles. The Morgan fingerprint density at radius 3 is 2.50 bits per heavy atom. The van der Waals surface area contributed by atoms with Crippen LogP contribution in [0.4, 0.5) is 5.95 Å². The molecule has 1 saturated heterocycles. The van der Waals surface area contributed by atoms with Crippen LogP contribution >= 0.6 is 0 Å². The maximum absolute atomic E-state index is 12.9. The number of nitrogens with one attached hydrogen (secondary N) is 2. The molecule has 1 fully saturated rings. The molecule has 1 aliphatic rings. The third kappa shape index (κ3) is 6.06. The number of imidazole rings is 1. The quantitative estimate of drug-likeness (QED) is 0.314. The summed E-state index contributed by atoms with van der Waals surface area (Å²) in [5, 5.41) is 11.5. The highest BCUT2D eigenvalue weighted by Crippen LogP contribution is 2.25. The van der Waals surface area contributed by atoms with Crippen molar-refractivity contribution in [3.8, 4) is 16.9 Å². The molecule has 0 radical (unpaired) electrons. The Hall–Kier alpha value is -3.68. The molecule has 5 rings (SSSR count). The van der Waals surface area contributed by atoms with E-state index in [0.29, 0.717) is 37.9 Å². The number of hydrogen-bond acceptors (Lipinski definition) is 9. The van der Waals surface area contributed by atoms with Crippen LogP contribution in [0.15, 0.2) is 48.3 Å². The van der Waals surface area contributed by atoms with E-state index in [-0.39, 0.29) is 11.1 Å². The first-order chi connectivity index (χ1) is 19.1. The molecule has 4 aromatic rings. The molecule has 0 saturated carbocycles. The molecule has 0 spiro atoms. The van der Waals surface area contributed by atoms with E-state index in [4.69, 9.17) is 9.97 Å². The lowest BCUT2D eigenvalue weighted by Gasteiger charge is -2.31. The third-order valence-corrected chi connectivity index (χ3v) is 8.74. The lowest BCUT2D eigenvalue weighted by atomic mass is 10.1. The molecule has 12 nitrogen and oxygen atoms in total. The summed E-state index contributed by atoms with van der Waals surface area (Å²) in [5.74, 6) is 0.513. The number of aromatic nitrogens is 7. The molecule has 4 aromatic heterocycles. The predicted octanol–water partition coefficient (Wildman–Crippen LogP) is 2.84. The standard InChI is InChI=1S/C27H36N10O2S/c1-18(2)28-14-23-6-7-24(20(4)32-23)37-15-21(13-31-37)26-19(3)12-29-27(34-26)33-22-8-10-36(11-9-22)40(38,39)25-16-35(5)17-30-25/h6-7,12-13,15-18,22,28H,8-11,14H2,1-5H3,(H,29,33,34). The van der Waals surface area contributed by atoms with Gasteiger partial charge in [0.2, 0.25) is 5.95 Å². The lowest BCUT2D eigenvalue weighted by Crippen LogP contribution is -2.42. The zero-order chi connectivity index (χ0) is 28.4. The molecule has 13 heteroatoms. The first kappa shape index (κ1) is 27.9. The topological polar surface area (TPSA) is 136 Å². The fourth-order valence-electron chi connectivity index (χ4n) is 4.71. The van der Waals surface area contributed by atoms with Crippen molar-refractivity contribution < 1.29 is 8.42 Å². The lowest BCUT2D eigenvalue weighted by molar-refractivity contribution is 0.328. The Kier molecular flexibility index (Phi) is 7.97.